The summed E-state index contributed by atoms with van der Waals surface area (Å²) < 4.78 is 0. The smallest absolute Gasteiger partial charge is 0.907 e. The minimum Gasteiger partial charge on any atom is -0.907 e. The maximum absolute atomic E-state index is 8.42. The first-order chi connectivity index (χ1) is 1.73. The Kier molecular flexibility index (Phi) is 51.2. The van der Waals surface area contributed by atoms with Crippen LogP contribution in [0, 0.1) is 39.9 Å². The molecule has 0 heterocycles. The van der Waals surface area contributed by atoms with Crippen molar-refractivity contribution in [3.63, 3.8) is 0 Å². The maximum atomic E-state index is 8.42. The van der Waals surface area contributed by atoms with Gasteiger partial charge in [0, 0.05) is 0 Å². The summed E-state index contributed by atoms with van der Waals surface area (Å²) in [6.45, 7) is 0. The molecule has 0 aliphatic carbocycles. The second kappa shape index (κ2) is 15.8. The largest absolute Gasteiger partial charge is 3.00 e. The van der Waals surface area contributed by atoms with Crippen molar-refractivity contribution >= 4 is 45.1 Å². The van der Waals surface area contributed by atoms with Crippen LogP contribution in [-0.4, -0.2) is 50.5 Å². The van der Waals surface area contributed by atoms with Crippen molar-refractivity contribution in [2.45, 2.75) is 0 Å². The van der Waals surface area contributed by atoms with Crippen LogP contribution in [0.2, 0.25) is 0 Å². The van der Waals surface area contributed by atoms with Gasteiger partial charge in [-0.1, -0.05) is 0 Å². The summed E-state index contributed by atoms with van der Waals surface area (Å²) in [5.74, 6) is 0. The van der Waals surface area contributed by atoms with E-state index in [2.05, 4.69) is 0 Å². The third-order valence-corrected chi connectivity index (χ3v) is 0. The van der Waals surface area contributed by atoms with E-state index in [0.29, 0.717) is 0 Å². The zero-order valence-corrected chi connectivity index (χ0v) is 8.99. The number of rotatable bonds is 0. The molecule has 1 N–H and O–H groups in total. The maximum Gasteiger partial charge on any atom is 3.00 e. The normalized spacial score (nSPS) is 3.86. The van der Waals surface area contributed by atoms with Crippen molar-refractivity contribution in [2.75, 3.05) is 0 Å². The van der Waals surface area contributed by atoms with Gasteiger partial charge in [0.25, 0.3) is 0 Å². The van der Waals surface area contributed by atoms with Crippen molar-refractivity contribution in [1.82, 2.24) is 0 Å². The molecule has 0 amide bonds. The van der Waals surface area contributed by atoms with Gasteiger partial charge in [-0.05, 0) is 0 Å². The summed E-state index contributed by atoms with van der Waals surface area (Å²) >= 11 is 0. The second-order valence-corrected chi connectivity index (χ2v) is 0.289. The average molecular weight is 274 g/mol. The first-order valence-electron chi connectivity index (χ1n) is 0.707. The third kappa shape index (κ3) is 57.7. The van der Waals surface area contributed by atoms with Crippen LogP contribution in [-0.2, 0) is 0 Å². The second-order valence-electron chi connectivity index (χ2n) is 0.289. The monoisotopic (exact) mass is 275 g/mol. The number of hydrogen-bond donors (Lipinski definition) is 0. The molecule has 7 heavy (non-hydrogen) atoms. The first-order valence-corrected chi connectivity index (χ1v) is 0.707. The van der Waals surface area contributed by atoms with Gasteiger partial charge in [0.15, 0.2) is 0 Å². The molecule has 0 saturated heterocycles. The molecule has 0 aliphatic rings. The van der Waals surface area contributed by atoms with Gasteiger partial charge in [0.05, 0.1) is 0 Å². The minimum atomic E-state index is -2.92. The van der Waals surface area contributed by atoms with E-state index in [9.17, 15) is 0 Å². The Hall–Kier alpha value is 2.49. The van der Waals surface area contributed by atoms with E-state index in [1.807, 2.05) is 0 Å². The Labute approximate surface area is 103 Å². The summed E-state index contributed by atoms with van der Waals surface area (Å²) in [4.78, 5) is 0. The van der Waals surface area contributed by atoms with Crippen LogP contribution in [0.1, 0.15) is 0 Å². The van der Waals surface area contributed by atoms with Crippen molar-refractivity contribution in [3.05, 3.63) is 0 Å². The van der Waals surface area contributed by atoms with Crippen molar-refractivity contribution < 1.29 is 60.5 Å². The quantitative estimate of drug-likeness (QED) is 0.414. The third-order valence-electron chi connectivity index (χ3n) is 0. The summed E-state index contributed by atoms with van der Waals surface area (Å²) in [7, 11) is -2.92. The average Bonchev–Trinajstić information content (AvgIpc) is 0.811. The van der Waals surface area contributed by atoms with Crippen LogP contribution in [0.5, 0.6) is 0 Å². The van der Waals surface area contributed by atoms with Crippen LogP contribution >= 0.6 is 0 Å². The zero-order chi connectivity index (χ0) is 3.58. The molecular weight excluding hydrogens is 272 g/mol. The van der Waals surface area contributed by atoms with E-state index >= 15 is 0 Å². The fourth-order valence-corrected chi connectivity index (χ4v) is 0. The van der Waals surface area contributed by atoms with Crippen LogP contribution in [0.4, 0.5) is 0 Å². The van der Waals surface area contributed by atoms with Gasteiger partial charge < -0.3 is 20.5 Å². The Morgan fingerprint density at radius 2 is 1.00 bits per heavy atom. The molecular formula is H2BCaGdO4. The van der Waals surface area contributed by atoms with Gasteiger partial charge in [-0.25, -0.2) is 0 Å². The molecule has 0 aliphatic heterocycles. The van der Waals surface area contributed by atoms with Crippen molar-refractivity contribution in [1.29, 1.82) is 0 Å². The van der Waals surface area contributed by atoms with Gasteiger partial charge in [-0.3, -0.25) is 7.32 Å². The molecule has 0 unspecified atom stereocenters. The first kappa shape index (κ1) is 22.7. The van der Waals surface area contributed by atoms with Crippen molar-refractivity contribution in [3.8, 4) is 0 Å². The fraction of sp³-hybridized carbons (Fsp3) is 0. The van der Waals surface area contributed by atoms with Gasteiger partial charge in [0.1, 0.15) is 0 Å². The fourth-order valence-electron chi connectivity index (χ4n) is 0. The minimum absolute atomic E-state index is 0. The van der Waals surface area contributed by atoms with Crippen LogP contribution in [0.25, 0.3) is 0 Å². The van der Waals surface area contributed by atoms with Gasteiger partial charge >= 0.3 is 77.7 Å². The SMILES string of the molecule is [CaH+].[Gd+3].[O-]B([O-])[O-].[OH-]. The zero-order valence-electron chi connectivity index (χ0n) is 3.60. The van der Waals surface area contributed by atoms with E-state index in [-0.39, 0.29) is 83.2 Å². The standard InChI is InChI=1S/BO3.Ca.Gd.H2O.H/c2-1(3)4;;;;/h;;;1H2;/q-3;+1;+3;;/p-1. The summed E-state index contributed by atoms with van der Waals surface area (Å²) in [5.41, 5.74) is 0. The molecule has 7 heteroatoms. The van der Waals surface area contributed by atoms with Crippen molar-refractivity contribution in [2.24, 2.45) is 0 Å². The van der Waals surface area contributed by atoms with Crippen LogP contribution in [0.15, 0.2) is 0 Å². The van der Waals surface area contributed by atoms with Gasteiger partial charge in [-0.2, -0.15) is 0 Å². The van der Waals surface area contributed by atoms with E-state index in [1.54, 1.807) is 0 Å². The molecule has 0 saturated carbocycles. The van der Waals surface area contributed by atoms with E-state index in [4.69, 9.17) is 15.1 Å². The molecule has 0 atom stereocenters. The Morgan fingerprint density at radius 3 is 1.00 bits per heavy atom. The predicted molar refractivity (Wildman–Crippen MR) is 14.8 cm³/mol. The van der Waals surface area contributed by atoms with E-state index in [1.165, 1.54) is 0 Å². The van der Waals surface area contributed by atoms with E-state index < -0.39 is 7.32 Å². The molecule has 0 aromatic heterocycles. The molecule has 0 aromatic rings. The molecule has 1 radical (unpaired) electrons. The predicted octanol–water partition coefficient (Wildman–Crippen LogP) is -4.77. The van der Waals surface area contributed by atoms with E-state index in [0.717, 1.165) is 0 Å². The Balaban J connectivity index is -0.0000000150. The molecule has 4 nitrogen and oxygen atoms in total. The Bertz CT molecular complexity index is 16.4. The summed E-state index contributed by atoms with van der Waals surface area (Å²) in [5, 5.41) is 25.2. The molecule has 0 aromatic carbocycles. The molecule has 0 rings (SSSR count). The molecule has 0 fully saturated rings. The molecule has 39 valence electrons. The summed E-state index contributed by atoms with van der Waals surface area (Å²) in [6.07, 6.45) is 0. The van der Waals surface area contributed by atoms with Gasteiger partial charge in [0.2, 0.25) is 0 Å². The number of hydrogen-bond acceptors (Lipinski definition) is 4. The Morgan fingerprint density at radius 1 is 1.00 bits per heavy atom. The van der Waals surface area contributed by atoms with Crippen LogP contribution in [0.3, 0.4) is 0 Å². The molecule has 0 bridgehead atoms. The molecule has 0 spiro atoms. The summed E-state index contributed by atoms with van der Waals surface area (Å²) in [6, 6.07) is 0. The van der Waals surface area contributed by atoms with Crippen LogP contribution < -0.4 is 15.1 Å². The van der Waals surface area contributed by atoms with Gasteiger partial charge in [-0.15, -0.1) is 0 Å². The topological polar surface area (TPSA) is 99.2 Å².